The number of aromatic carboxylic acids is 2. The summed E-state index contributed by atoms with van der Waals surface area (Å²) in [5.74, 6) is -2.21. The first-order chi connectivity index (χ1) is 14.5. The van der Waals surface area contributed by atoms with Crippen molar-refractivity contribution in [2.24, 2.45) is 0 Å². The number of para-hydroxylation sites is 2. The molecule has 0 radical (unpaired) electrons. The van der Waals surface area contributed by atoms with Crippen LogP contribution in [0.4, 0.5) is 22.7 Å². The summed E-state index contributed by atoms with van der Waals surface area (Å²) in [5, 5.41) is 26.5. The zero-order valence-corrected chi connectivity index (χ0v) is 16.9. The first kappa shape index (κ1) is 20.9. The fraction of sp³-hybridized carbons (Fsp3) is 0.167. The number of rotatable bonds is 8. The Morgan fingerprint density at radius 1 is 0.667 bits per heavy atom. The lowest BCUT2D eigenvalue weighted by Crippen LogP contribution is -2.17. The van der Waals surface area contributed by atoms with Crippen molar-refractivity contribution in [1.29, 1.82) is 0 Å². The normalized spacial score (nSPS) is 10.5. The number of benzene rings is 3. The number of carbonyl (C=O) groups is 2. The van der Waals surface area contributed by atoms with Gasteiger partial charge in [0.25, 0.3) is 0 Å². The quantitative estimate of drug-likeness (QED) is 0.385. The molecule has 154 valence electrons. The van der Waals surface area contributed by atoms with Crippen LogP contribution in [0.1, 0.15) is 45.7 Å². The summed E-state index contributed by atoms with van der Waals surface area (Å²) in [5.41, 5.74) is 3.09. The smallest absolute Gasteiger partial charge is 0.338 e. The Labute approximate surface area is 175 Å². The molecule has 0 saturated carbocycles. The van der Waals surface area contributed by atoms with Crippen molar-refractivity contribution in [3.63, 3.8) is 0 Å². The van der Waals surface area contributed by atoms with Crippen LogP contribution < -0.4 is 10.6 Å². The Hall–Kier alpha value is -3.80. The summed E-state index contributed by atoms with van der Waals surface area (Å²) in [6, 6.07) is 18.3. The van der Waals surface area contributed by atoms with E-state index >= 15 is 0 Å². The molecule has 0 heterocycles. The monoisotopic (exact) mass is 404 g/mol. The van der Waals surface area contributed by atoms with Crippen LogP contribution in [0.25, 0.3) is 0 Å². The van der Waals surface area contributed by atoms with Gasteiger partial charge in [-0.2, -0.15) is 0 Å². The van der Waals surface area contributed by atoms with Crippen LogP contribution >= 0.6 is 0 Å². The number of hydrogen-bond acceptors (Lipinski definition) is 4. The molecule has 0 aromatic heterocycles. The lowest BCUT2D eigenvalue weighted by atomic mass is 9.89. The van der Waals surface area contributed by atoms with Crippen LogP contribution in [0.5, 0.6) is 0 Å². The first-order valence-electron chi connectivity index (χ1n) is 9.80. The van der Waals surface area contributed by atoms with Crippen molar-refractivity contribution in [2.75, 3.05) is 10.6 Å². The molecule has 0 aliphatic rings. The molecule has 4 N–H and O–H groups in total. The summed E-state index contributed by atoms with van der Waals surface area (Å²) in [7, 11) is 0. The molecule has 0 spiro atoms. The highest BCUT2D eigenvalue weighted by Crippen LogP contribution is 2.39. The number of carboxylic acid groups (broad SMARTS) is 2. The molecule has 0 aliphatic heterocycles. The topological polar surface area (TPSA) is 98.7 Å². The van der Waals surface area contributed by atoms with Crippen molar-refractivity contribution >= 4 is 34.7 Å². The third kappa shape index (κ3) is 4.12. The van der Waals surface area contributed by atoms with Crippen LogP contribution in [0.3, 0.4) is 0 Å². The Morgan fingerprint density at radius 3 is 1.27 bits per heavy atom. The highest BCUT2D eigenvalue weighted by molar-refractivity contribution is 6.07. The maximum Gasteiger partial charge on any atom is 0.338 e. The Balaban J connectivity index is 2.33. The molecule has 6 heteroatoms. The summed E-state index contributed by atoms with van der Waals surface area (Å²) < 4.78 is 0. The average Bonchev–Trinajstić information content (AvgIpc) is 2.74. The van der Waals surface area contributed by atoms with E-state index in [1.807, 2.05) is 74.5 Å². The van der Waals surface area contributed by atoms with Crippen LogP contribution in [0, 0.1) is 0 Å². The second-order valence-electron chi connectivity index (χ2n) is 6.76. The standard InChI is InChI=1S/C24H24N2O4/c1-3-17-19(23(27)28)22(26-16-13-9-6-10-14-16)18(4-2)20(24(29)30)21(17)25-15-11-7-5-8-12-15/h5-14,25-26H,3-4H2,1-2H3,(H,27,28)(H,29,30). The molecule has 0 saturated heterocycles. The van der Waals surface area contributed by atoms with Gasteiger partial charge < -0.3 is 20.8 Å². The minimum absolute atomic E-state index is 0.0848. The zero-order chi connectivity index (χ0) is 21.7. The van der Waals surface area contributed by atoms with Gasteiger partial charge in [-0.3, -0.25) is 0 Å². The predicted molar refractivity (Wildman–Crippen MR) is 119 cm³/mol. The number of hydrogen-bond donors (Lipinski definition) is 4. The maximum absolute atomic E-state index is 12.3. The second kappa shape index (κ2) is 9.13. The van der Waals surface area contributed by atoms with E-state index in [9.17, 15) is 19.8 Å². The SMILES string of the molecule is CCc1c(Nc2ccccc2)c(C(=O)O)c(CC)c(Nc2ccccc2)c1C(=O)O. The van der Waals surface area contributed by atoms with Crippen LogP contribution in [0.2, 0.25) is 0 Å². The molecular weight excluding hydrogens is 380 g/mol. The van der Waals surface area contributed by atoms with E-state index < -0.39 is 11.9 Å². The molecule has 0 atom stereocenters. The van der Waals surface area contributed by atoms with Crippen molar-refractivity contribution in [1.82, 2.24) is 0 Å². The Kier molecular flexibility index (Phi) is 6.37. The van der Waals surface area contributed by atoms with E-state index in [1.165, 1.54) is 0 Å². The third-order valence-corrected chi connectivity index (χ3v) is 4.93. The molecule has 6 nitrogen and oxygen atoms in total. The largest absolute Gasteiger partial charge is 0.478 e. The maximum atomic E-state index is 12.3. The average molecular weight is 404 g/mol. The highest BCUT2D eigenvalue weighted by Gasteiger charge is 2.29. The summed E-state index contributed by atoms with van der Waals surface area (Å²) >= 11 is 0. The van der Waals surface area contributed by atoms with Crippen LogP contribution in [-0.2, 0) is 12.8 Å². The molecule has 0 aliphatic carbocycles. The van der Waals surface area contributed by atoms with E-state index in [0.29, 0.717) is 46.7 Å². The van der Waals surface area contributed by atoms with Gasteiger partial charge in [0, 0.05) is 11.4 Å². The summed E-state index contributed by atoms with van der Waals surface area (Å²) in [4.78, 5) is 24.7. The van der Waals surface area contributed by atoms with Crippen molar-refractivity contribution < 1.29 is 19.8 Å². The molecule has 3 rings (SSSR count). The number of anilines is 4. The lowest BCUT2D eigenvalue weighted by Gasteiger charge is -2.24. The van der Waals surface area contributed by atoms with Gasteiger partial charge >= 0.3 is 11.9 Å². The van der Waals surface area contributed by atoms with E-state index in [-0.39, 0.29) is 11.1 Å². The summed E-state index contributed by atoms with van der Waals surface area (Å²) in [6.45, 7) is 3.64. The lowest BCUT2D eigenvalue weighted by molar-refractivity contribution is 0.0681. The van der Waals surface area contributed by atoms with Gasteiger partial charge in [-0.15, -0.1) is 0 Å². The molecule has 0 unspecified atom stereocenters. The van der Waals surface area contributed by atoms with Crippen molar-refractivity contribution in [2.45, 2.75) is 26.7 Å². The van der Waals surface area contributed by atoms with Gasteiger partial charge in [0.15, 0.2) is 0 Å². The van der Waals surface area contributed by atoms with Gasteiger partial charge in [0.2, 0.25) is 0 Å². The summed E-state index contributed by atoms with van der Waals surface area (Å²) in [6.07, 6.45) is 0.703. The van der Waals surface area contributed by atoms with Gasteiger partial charge in [-0.05, 0) is 48.2 Å². The zero-order valence-electron chi connectivity index (χ0n) is 16.9. The third-order valence-electron chi connectivity index (χ3n) is 4.93. The number of carboxylic acids is 2. The Morgan fingerprint density at radius 2 is 1.00 bits per heavy atom. The molecule has 0 bridgehead atoms. The van der Waals surface area contributed by atoms with Crippen molar-refractivity contribution in [3.05, 3.63) is 82.9 Å². The second-order valence-corrected chi connectivity index (χ2v) is 6.76. The first-order valence-corrected chi connectivity index (χ1v) is 9.80. The van der Waals surface area contributed by atoms with E-state index in [2.05, 4.69) is 10.6 Å². The van der Waals surface area contributed by atoms with E-state index in [0.717, 1.165) is 0 Å². The molecule has 3 aromatic carbocycles. The van der Waals surface area contributed by atoms with Gasteiger partial charge in [-0.1, -0.05) is 50.2 Å². The highest BCUT2D eigenvalue weighted by atomic mass is 16.4. The van der Waals surface area contributed by atoms with Gasteiger partial charge in [-0.25, -0.2) is 9.59 Å². The molecule has 30 heavy (non-hydrogen) atoms. The molecule has 0 amide bonds. The Bertz CT molecular complexity index is 977. The van der Waals surface area contributed by atoms with Crippen LogP contribution in [-0.4, -0.2) is 22.2 Å². The fourth-order valence-corrected chi connectivity index (χ4v) is 3.64. The predicted octanol–water partition coefficient (Wildman–Crippen LogP) is 5.70. The van der Waals surface area contributed by atoms with Gasteiger partial charge in [0.1, 0.15) is 0 Å². The molecular formula is C24H24N2O4. The molecule has 3 aromatic rings. The van der Waals surface area contributed by atoms with Gasteiger partial charge in [0.05, 0.1) is 22.5 Å². The van der Waals surface area contributed by atoms with E-state index in [4.69, 9.17) is 0 Å². The molecule has 0 fully saturated rings. The number of nitrogens with one attached hydrogen (secondary N) is 2. The fourth-order valence-electron chi connectivity index (χ4n) is 3.64. The van der Waals surface area contributed by atoms with Crippen molar-refractivity contribution in [3.8, 4) is 0 Å². The minimum atomic E-state index is -1.10. The van der Waals surface area contributed by atoms with Crippen LogP contribution in [0.15, 0.2) is 60.7 Å². The minimum Gasteiger partial charge on any atom is -0.478 e. The van der Waals surface area contributed by atoms with E-state index in [1.54, 1.807) is 0 Å².